The topological polar surface area (TPSA) is 44.4 Å². The van der Waals surface area contributed by atoms with Gasteiger partial charge < -0.3 is 10.6 Å². The van der Waals surface area contributed by atoms with E-state index in [-0.39, 0.29) is 17.9 Å². The second-order valence-corrected chi connectivity index (χ2v) is 5.75. The molecule has 2 atom stereocenters. The van der Waals surface area contributed by atoms with E-state index >= 15 is 0 Å². The Hall–Kier alpha value is -0.820. The fourth-order valence-corrected chi connectivity index (χ4v) is 2.92. The number of piperidine rings is 1. The molecule has 0 aromatic carbocycles. The van der Waals surface area contributed by atoms with Gasteiger partial charge >= 0.3 is 6.18 Å². The monoisotopic (exact) mass is 293 g/mol. The first-order valence-electron chi connectivity index (χ1n) is 7.24. The van der Waals surface area contributed by atoms with Gasteiger partial charge in [0.05, 0.1) is 12.6 Å². The number of carbonyl (C=O) groups is 1. The van der Waals surface area contributed by atoms with Crippen molar-refractivity contribution in [3.8, 4) is 0 Å². The van der Waals surface area contributed by atoms with Gasteiger partial charge in [0, 0.05) is 13.1 Å². The molecular weight excluding hydrogens is 271 g/mol. The Kier molecular flexibility index (Phi) is 5.26. The number of rotatable bonds is 4. The molecule has 2 rings (SSSR count). The SMILES string of the molecule is O=C(NCC1CCN(CC(F)(F)F)C1)[C@H]1CCCCN1. The van der Waals surface area contributed by atoms with Gasteiger partial charge in [-0.25, -0.2) is 0 Å². The number of likely N-dealkylation sites (tertiary alicyclic amines) is 1. The van der Waals surface area contributed by atoms with Crippen LogP contribution in [0.15, 0.2) is 0 Å². The van der Waals surface area contributed by atoms with Crippen LogP contribution in [0.2, 0.25) is 0 Å². The maximum absolute atomic E-state index is 12.3. The molecular formula is C13H22F3N3O. The zero-order chi connectivity index (χ0) is 14.6. The molecule has 4 nitrogen and oxygen atoms in total. The van der Waals surface area contributed by atoms with Crippen LogP contribution in [0.25, 0.3) is 0 Å². The fraction of sp³-hybridized carbons (Fsp3) is 0.923. The molecule has 1 amide bonds. The van der Waals surface area contributed by atoms with Crippen molar-refractivity contribution in [1.29, 1.82) is 0 Å². The van der Waals surface area contributed by atoms with Crippen LogP contribution in [0.3, 0.4) is 0 Å². The molecule has 2 aliphatic rings. The molecule has 1 unspecified atom stereocenters. The maximum atomic E-state index is 12.3. The van der Waals surface area contributed by atoms with Crippen LogP contribution in [0.4, 0.5) is 13.2 Å². The molecule has 2 fully saturated rings. The Morgan fingerprint density at radius 2 is 2.10 bits per heavy atom. The summed E-state index contributed by atoms with van der Waals surface area (Å²) < 4.78 is 36.8. The molecule has 0 spiro atoms. The minimum atomic E-state index is -4.13. The lowest BCUT2D eigenvalue weighted by atomic mass is 10.0. The number of alkyl halides is 3. The number of carbonyl (C=O) groups excluding carboxylic acids is 1. The van der Waals surface area contributed by atoms with Crippen LogP contribution in [0.1, 0.15) is 25.7 Å². The summed E-state index contributed by atoms with van der Waals surface area (Å²) in [5.41, 5.74) is 0. The molecule has 0 bridgehead atoms. The smallest absolute Gasteiger partial charge is 0.354 e. The quantitative estimate of drug-likeness (QED) is 0.817. The standard InChI is InChI=1S/C13H22F3N3O/c14-13(15,16)9-19-6-4-10(8-19)7-18-12(20)11-3-1-2-5-17-11/h10-11,17H,1-9H2,(H,18,20)/t10?,11-/m1/s1. The van der Waals surface area contributed by atoms with Gasteiger partial charge in [-0.05, 0) is 38.3 Å². The van der Waals surface area contributed by atoms with E-state index in [0.717, 1.165) is 25.8 Å². The highest BCUT2D eigenvalue weighted by molar-refractivity contribution is 5.81. The van der Waals surface area contributed by atoms with Crippen LogP contribution in [0, 0.1) is 5.92 Å². The van der Waals surface area contributed by atoms with E-state index in [1.54, 1.807) is 0 Å². The second kappa shape index (κ2) is 6.76. The summed E-state index contributed by atoms with van der Waals surface area (Å²) in [7, 11) is 0. The minimum absolute atomic E-state index is 0.0148. The summed E-state index contributed by atoms with van der Waals surface area (Å²) in [5.74, 6) is 0.115. The van der Waals surface area contributed by atoms with Gasteiger partial charge in [0.2, 0.25) is 5.91 Å². The number of nitrogens with zero attached hydrogens (tertiary/aromatic N) is 1. The average molecular weight is 293 g/mol. The van der Waals surface area contributed by atoms with Crippen molar-refractivity contribution in [2.75, 3.05) is 32.7 Å². The van der Waals surface area contributed by atoms with Gasteiger partial charge in [0.25, 0.3) is 0 Å². The van der Waals surface area contributed by atoms with Gasteiger partial charge in [0.15, 0.2) is 0 Å². The Morgan fingerprint density at radius 3 is 2.75 bits per heavy atom. The molecule has 0 radical (unpaired) electrons. The van der Waals surface area contributed by atoms with E-state index in [0.29, 0.717) is 26.1 Å². The van der Waals surface area contributed by atoms with E-state index in [4.69, 9.17) is 0 Å². The third-order valence-corrected chi connectivity index (χ3v) is 3.96. The number of hydrogen-bond donors (Lipinski definition) is 2. The predicted molar refractivity (Wildman–Crippen MR) is 69.3 cm³/mol. The highest BCUT2D eigenvalue weighted by atomic mass is 19.4. The van der Waals surface area contributed by atoms with E-state index in [2.05, 4.69) is 10.6 Å². The summed E-state index contributed by atoms with van der Waals surface area (Å²) in [5, 5.41) is 6.03. The normalized spacial score (nSPS) is 28.6. The third-order valence-electron chi connectivity index (χ3n) is 3.96. The molecule has 0 saturated carbocycles. The second-order valence-electron chi connectivity index (χ2n) is 5.75. The summed E-state index contributed by atoms with van der Waals surface area (Å²) >= 11 is 0. The molecule has 2 N–H and O–H groups in total. The number of nitrogens with one attached hydrogen (secondary N) is 2. The first-order valence-corrected chi connectivity index (χ1v) is 7.24. The van der Waals surface area contributed by atoms with Crippen molar-refractivity contribution in [2.45, 2.75) is 37.9 Å². The highest BCUT2D eigenvalue weighted by Crippen LogP contribution is 2.22. The predicted octanol–water partition coefficient (Wildman–Crippen LogP) is 1.13. The van der Waals surface area contributed by atoms with Gasteiger partial charge in [-0.3, -0.25) is 9.69 Å². The summed E-state index contributed by atoms with van der Waals surface area (Å²) in [4.78, 5) is 13.3. The molecule has 2 heterocycles. The lowest BCUT2D eigenvalue weighted by molar-refractivity contribution is -0.143. The van der Waals surface area contributed by atoms with Crippen molar-refractivity contribution in [3.63, 3.8) is 0 Å². The van der Waals surface area contributed by atoms with Crippen LogP contribution < -0.4 is 10.6 Å². The van der Waals surface area contributed by atoms with Crippen molar-refractivity contribution < 1.29 is 18.0 Å². The van der Waals surface area contributed by atoms with E-state index < -0.39 is 12.7 Å². The lowest BCUT2D eigenvalue weighted by Gasteiger charge is -2.23. The molecule has 7 heteroatoms. The number of amides is 1. The molecule has 0 aromatic rings. The Morgan fingerprint density at radius 1 is 1.30 bits per heavy atom. The van der Waals surface area contributed by atoms with Crippen molar-refractivity contribution in [2.24, 2.45) is 5.92 Å². The molecule has 0 aliphatic carbocycles. The number of hydrogen-bond acceptors (Lipinski definition) is 3. The van der Waals surface area contributed by atoms with Gasteiger partial charge in [-0.15, -0.1) is 0 Å². The highest BCUT2D eigenvalue weighted by Gasteiger charge is 2.34. The van der Waals surface area contributed by atoms with Crippen LogP contribution >= 0.6 is 0 Å². The van der Waals surface area contributed by atoms with Crippen LogP contribution in [-0.4, -0.2) is 55.7 Å². The molecule has 116 valence electrons. The zero-order valence-electron chi connectivity index (χ0n) is 11.5. The first-order chi connectivity index (χ1) is 9.44. The molecule has 0 aromatic heterocycles. The van der Waals surface area contributed by atoms with Gasteiger partial charge in [-0.1, -0.05) is 6.42 Å². The molecule has 2 aliphatic heterocycles. The van der Waals surface area contributed by atoms with E-state index in [1.807, 2.05) is 0 Å². The molecule has 2 saturated heterocycles. The van der Waals surface area contributed by atoms with Crippen LogP contribution in [0.5, 0.6) is 0 Å². The Balaban J connectivity index is 1.66. The van der Waals surface area contributed by atoms with Crippen molar-refractivity contribution >= 4 is 5.91 Å². The zero-order valence-corrected chi connectivity index (χ0v) is 11.5. The average Bonchev–Trinajstić information content (AvgIpc) is 2.82. The van der Waals surface area contributed by atoms with E-state index in [1.165, 1.54) is 4.90 Å². The fourth-order valence-electron chi connectivity index (χ4n) is 2.92. The summed E-state index contributed by atoms with van der Waals surface area (Å²) in [6.07, 6.45) is -0.429. The Labute approximate surface area is 117 Å². The summed E-state index contributed by atoms with van der Waals surface area (Å²) in [6, 6.07) is -0.128. The van der Waals surface area contributed by atoms with Crippen molar-refractivity contribution in [1.82, 2.24) is 15.5 Å². The van der Waals surface area contributed by atoms with Crippen LogP contribution in [-0.2, 0) is 4.79 Å². The Bertz CT molecular complexity index is 329. The van der Waals surface area contributed by atoms with Crippen molar-refractivity contribution in [3.05, 3.63) is 0 Å². The summed E-state index contributed by atoms with van der Waals surface area (Å²) in [6.45, 7) is 1.37. The van der Waals surface area contributed by atoms with E-state index in [9.17, 15) is 18.0 Å². The molecule has 20 heavy (non-hydrogen) atoms. The first kappa shape index (κ1) is 15.6. The third kappa shape index (κ3) is 4.94. The largest absolute Gasteiger partial charge is 0.401 e. The minimum Gasteiger partial charge on any atom is -0.354 e. The van der Waals surface area contributed by atoms with Gasteiger partial charge in [0.1, 0.15) is 0 Å². The lowest BCUT2D eigenvalue weighted by Crippen LogP contribution is -2.47. The number of halogens is 3. The maximum Gasteiger partial charge on any atom is 0.401 e. The van der Waals surface area contributed by atoms with Gasteiger partial charge in [-0.2, -0.15) is 13.2 Å².